The van der Waals surface area contributed by atoms with Gasteiger partial charge in [-0.1, -0.05) is 18.5 Å². The monoisotopic (exact) mass is 349 g/mol. The minimum absolute atomic E-state index is 0.270. The maximum atomic E-state index is 12.4. The van der Waals surface area contributed by atoms with Crippen LogP contribution in [0.3, 0.4) is 0 Å². The first-order valence-corrected chi connectivity index (χ1v) is 8.35. The fraction of sp³-hybridized carbons (Fsp3) is 0.412. The highest BCUT2D eigenvalue weighted by Crippen LogP contribution is 2.35. The van der Waals surface area contributed by atoms with Crippen molar-refractivity contribution in [3.05, 3.63) is 38.6 Å². The second kappa shape index (κ2) is 6.45. The van der Waals surface area contributed by atoms with Crippen molar-refractivity contribution in [2.75, 3.05) is 38.1 Å². The Balaban J connectivity index is 2.21. The van der Waals surface area contributed by atoms with Crippen LogP contribution >= 0.6 is 11.6 Å². The van der Waals surface area contributed by atoms with E-state index in [1.54, 1.807) is 6.07 Å². The zero-order chi connectivity index (χ0) is 17.4. The summed E-state index contributed by atoms with van der Waals surface area (Å²) in [4.78, 5) is 31.1. The quantitative estimate of drug-likeness (QED) is 0.888. The molecule has 1 aliphatic heterocycles. The predicted octanol–water partition coefficient (Wildman–Crippen LogP) is 2.19. The number of H-pyrrole nitrogens is 1. The molecule has 1 saturated heterocycles. The number of fused-ring (bicyclic) bond motifs is 1. The molecule has 0 bridgehead atoms. The van der Waals surface area contributed by atoms with Gasteiger partial charge in [0.25, 0.3) is 0 Å². The second-order valence-corrected chi connectivity index (χ2v) is 6.50. The molecule has 2 heterocycles. The van der Waals surface area contributed by atoms with Crippen LogP contribution in [0.1, 0.15) is 22.8 Å². The Hall–Kier alpha value is -2.05. The highest BCUT2D eigenvalue weighted by molar-refractivity contribution is 6.34. The third-order valence-corrected chi connectivity index (χ3v) is 4.90. The van der Waals surface area contributed by atoms with Crippen molar-refractivity contribution in [3.63, 3.8) is 0 Å². The first kappa shape index (κ1) is 16.8. The zero-order valence-corrected chi connectivity index (χ0v) is 14.5. The van der Waals surface area contributed by atoms with E-state index in [4.69, 9.17) is 16.7 Å². The van der Waals surface area contributed by atoms with Crippen molar-refractivity contribution < 1.29 is 9.90 Å². The van der Waals surface area contributed by atoms with E-state index >= 15 is 0 Å². The molecule has 0 amide bonds. The third-order valence-electron chi connectivity index (χ3n) is 4.61. The molecule has 0 spiro atoms. The van der Waals surface area contributed by atoms with E-state index in [-0.39, 0.29) is 5.56 Å². The highest BCUT2D eigenvalue weighted by atomic mass is 35.5. The number of likely N-dealkylation sites (N-methyl/N-ethyl adjacent to an activating group) is 1. The fourth-order valence-electron chi connectivity index (χ4n) is 3.27. The summed E-state index contributed by atoms with van der Waals surface area (Å²) in [5.74, 6) is -1.24. The van der Waals surface area contributed by atoms with Crippen molar-refractivity contribution in [3.8, 4) is 0 Å². The Labute approximate surface area is 144 Å². The molecule has 1 aliphatic rings. The van der Waals surface area contributed by atoms with Gasteiger partial charge in [0, 0.05) is 43.3 Å². The number of aryl methyl sites for hydroxylation is 1. The number of hydrogen-bond donors (Lipinski definition) is 2. The van der Waals surface area contributed by atoms with Gasteiger partial charge in [-0.15, -0.1) is 0 Å². The first-order chi connectivity index (χ1) is 11.4. The fourth-order valence-corrected chi connectivity index (χ4v) is 3.61. The lowest BCUT2D eigenvalue weighted by Crippen LogP contribution is -2.45. The topological polar surface area (TPSA) is 76.6 Å². The number of anilines is 1. The Morgan fingerprint density at radius 3 is 2.58 bits per heavy atom. The highest BCUT2D eigenvalue weighted by Gasteiger charge is 2.23. The summed E-state index contributed by atoms with van der Waals surface area (Å²) >= 11 is 6.51. The average molecular weight is 350 g/mol. The smallest absolute Gasteiger partial charge is 0.341 e. The number of pyridine rings is 1. The van der Waals surface area contributed by atoms with E-state index in [1.807, 2.05) is 6.92 Å². The number of benzene rings is 1. The van der Waals surface area contributed by atoms with Crippen LogP contribution in [-0.2, 0) is 6.42 Å². The van der Waals surface area contributed by atoms with Crippen molar-refractivity contribution >= 4 is 34.2 Å². The summed E-state index contributed by atoms with van der Waals surface area (Å²) in [5.41, 5.74) is 1.80. The maximum absolute atomic E-state index is 12.4. The number of carboxylic acid groups (broad SMARTS) is 1. The normalized spacial score (nSPS) is 15.9. The first-order valence-electron chi connectivity index (χ1n) is 7.97. The van der Waals surface area contributed by atoms with Crippen molar-refractivity contribution in [1.82, 2.24) is 9.88 Å². The van der Waals surface area contributed by atoms with Gasteiger partial charge in [0.05, 0.1) is 16.2 Å². The van der Waals surface area contributed by atoms with E-state index in [0.29, 0.717) is 22.3 Å². The van der Waals surface area contributed by atoms with Crippen LogP contribution in [0.4, 0.5) is 5.69 Å². The van der Waals surface area contributed by atoms with E-state index in [9.17, 15) is 9.59 Å². The molecule has 0 unspecified atom stereocenters. The molecule has 1 aromatic carbocycles. The SMILES string of the molecule is CCc1c(N2CCN(C)CC2)c(Cl)cc2c(=O)c(C(=O)O)c[nH]c12. The number of carboxylic acids is 1. The number of hydrogen-bond acceptors (Lipinski definition) is 4. The van der Waals surface area contributed by atoms with Gasteiger partial charge in [-0.3, -0.25) is 4.79 Å². The number of aromatic nitrogens is 1. The summed E-state index contributed by atoms with van der Waals surface area (Å²) in [7, 11) is 2.09. The number of carbonyl (C=O) groups is 1. The molecule has 1 aromatic heterocycles. The molecular formula is C17H20ClN3O3. The Morgan fingerprint density at radius 1 is 1.33 bits per heavy atom. The van der Waals surface area contributed by atoms with Gasteiger partial charge in [-0.05, 0) is 19.5 Å². The second-order valence-electron chi connectivity index (χ2n) is 6.09. The van der Waals surface area contributed by atoms with Gasteiger partial charge in [0.2, 0.25) is 5.43 Å². The number of nitrogens with one attached hydrogen (secondary N) is 1. The van der Waals surface area contributed by atoms with Crippen LogP contribution in [0.25, 0.3) is 10.9 Å². The molecule has 24 heavy (non-hydrogen) atoms. The van der Waals surface area contributed by atoms with E-state index in [1.165, 1.54) is 6.20 Å². The molecule has 0 atom stereocenters. The van der Waals surface area contributed by atoms with E-state index in [2.05, 4.69) is 21.8 Å². The summed E-state index contributed by atoms with van der Waals surface area (Å²) < 4.78 is 0. The van der Waals surface area contributed by atoms with Gasteiger partial charge in [-0.2, -0.15) is 0 Å². The van der Waals surface area contributed by atoms with Crippen LogP contribution in [0.2, 0.25) is 5.02 Å². The lowest BCUT2D eigenvalue weighted by Gasteiger charge is -2.36. The molecule has 2 N–H and O–H groups in total. The number of piperazine rings is 1. The number of rotatable bonds is 3. The minimum atomic E-state index is -1.24. The molecule has 1 fully saturated rings. The van der Waals surface area contributed by atoms with Crippen LogP contribution in [0.5, 0.6) is 0 Å². The molecular weight excluding hydrogens is 330 g/mol. The van der Waals surface area contributed by atoms with Crippen LogP contribution < -0.4 is 10.3 Å². The summed E-state index contributed by atoms with van der Waals surface area (Å²) in [6, 6.07) is 1.59. The van der Waals surface area contributed by atoms with Gasteiger partial charge in [-0.25, -0.2) is 4.79 Å². The number of aromatic amines is 1. The predicted molar refractivity (Wildman–Crippen MR) is 95.6 cm³/mol. The zero-order valence-electron chi connectivity index (χ0n) is 13.7. The van der Waals surface area contributed by atoms with Crippen molar-refractivity contribution in [2.24, 2.45) is 0 Å². The standard InChI is InChI=1S/C17H20ClN3O3/c1-3-10-14-11(16(22)12(9-19-14)17(23)24)8-13(18)15(10)21-6-4-20(2)5-7-21/h8-9H,3-7H2,1-2H3,(H,19,22)(H,23,24). The molecule has 6 nitrogen and oxygen atoms in total. The Kier molecular flexibility index (Phi) is 4.51. The molecule has 0 saturated carbocycles. The number of nitrogens with zero attached hydrogens (tertiary/aromatic N) is 2. The van der Waals surface area contributed by atoms with Crippen molar-refractivity contribution in [2.45, 2.75) is 13.3 Å². The number of halogens is 1. The largest absolute Gasteiger partial charge is 0.477 e. The van der Waals surface area contributed by atoms with Crippen molar-refractivity contribution in [1.29, 1.82) is 0 Å². The maximum Gasteiger partial charge on any atom is 0.341 e. The lowest BCUT2D eigenvalue weighted by molar-refractivity contribution is 0.0695. The number of aromatic carboxylic acids is 1. The summed E-state index contributed by atoms with van der Waals surface area (Å²) in [6.45, 7) is 5.64. The van der Waals surface area contributed by atoms with Gasteiger partial charge < -0.3 is 19.9 Å². The van der Waals surface area contributed by atoms with E-state index in [0.717, 1.165) is 37.4 Å². The molecule has 0 radical (unpaired) electrons. The average Bonchev–Trinajstić information content (AvgIpc) is 2.55. The van der Waals surface area contributed by atoms with Crippen LogP contribution in [0.15, 0.2) is 17.1 Å². The van der Waals surface area contributed by atoms with Crippen LogP contribution in [0, 0.1) is 0 Å². The molecule has 0 aliphatic carbocycles. The van der Waals surface area contributed by atoms with E-state index < -0.39 is 11.4 Å². The Bertz CT molecular complexity index is 854. The molecule has 2 aromatic rings. The summed E-state index contributed by atoms with van der Waals surface area (Å²) in [6.07, 6.45) is 1.97. The Morgan fingerprint density at radius 2 is 2.00 bits per heavy atom. The minimum Gasteiger partial charge on any atom is -0.477 e. The molecule has 128 valence electrons. The lowest BCUT2D eigenvalue weighted by atomic mass is 10.0. The summed E-state index contributed by atoms with van der Waals surface area (Å²) in [5, 5.41) is 9.96. The van der Waals surface area contributed by atoms with Gasteiger partial charge in [0.1, 0.15) is 5.56 Å². The molecule has 7 heteroatoms. The van der Waals surface area contributed by atoms with Gasteiger partial charge in [0.15, 0.2) is 0 Å². The molecule has 3 rings (SSSR count). The van der Waals surface area contributed by atoms with Gasteiger partial charge >= 0.3 is 5.97 Å². The van der Waals surface area contributed by atoms with Crippen LogP contribution in [-0.4, -0.2) is 54.2 Å². The third kappa shape index (κ3) is 2.76.